The maximum Gasteiger partial charge on any atom is 0.0614 e. The van der Waals surface area contributed by atoms with Crippen LogP contribution in [0.15, 0.2) is 30.3 Å². The Bertz CT molecular complexity index is 372. The molecule has 3 heteroatoms. The summed E-state index contributed by atoms with van der Waals surface area (Å²) in [4.78, 5) is 2.52. The standard InChI is InChI=1S/C17H28N2O/c1-2-11-18-17(15-20)9-13-19(14-10-17)12-8-16-6-4-3-5-7-16/h3-7,18,20H,2,8-15H2,1H3. The lowest BCUT2D eigenvalue weighted by Crippen LogP contribution is -2.56. The molecule has 20 heavy (non-hydrogen) atoms. The van der Waals surface area contributed by atoms with Gasteiger partial charge in [0.25, 0.3) is 0 Å². The topological polar surface area (TPSA) is 35.5 Å². The van der Waals surface area contributed by atoms with Gasteiger partial charge in [0.15, 0.2) is 0 Å². The van der Waals surface area contributed by atoms with Crippen molar-refractivity contribution in [1.29, 1.82) is 0 Å². The number of likely N-dealkylation sites (tertiary alicyclic amines) is 1. The fourth-order valence-corrected chi connectivity index (χ4v) is 2.92. The van der Waals surface area contributed by atoms with E-state index in [0.717, 1.165) is 51.9 Å². The van der Waals surface area contributed by atoms with E-state index in [9.17, 15) is 5.11 Å². The predicted molar refractivity (Wildman–Crippen MR) is 83.9 cm³/mol. The van der Waals surface area contributed by atoms with Gasteiger partial charge < -0.3 is 15.3 Å². The Kier molecular flexibility index (Phi) is 6.02. The van der Waals surface area contributed by atoms with E-state index in [0.29, 0.717) is 0 Å². The Hall–Kier alpha value is -0.900. The van der Waals surface area contributed by atoms with E-state index in [-0.39, 0.29) is 12.1 Å². The molecule has 0 saturated carbocycles. The zero-order valence-corrected chi connectivity index (χ0v) is 12.6. The molecule has 1 saturated heterocycles. The average molecular weight is 276 g/mol. The van der Waals surface area contributed by atoms with E-state index in [1.165, 1.54) is 5.56 Å². The zero-order chi connectivity index (χ0) is 14.3. The van der Waals surface area contributed by atoms with E-state index in [4.69, 9.17) is 0 Å². The smallest absolute Gasteiger partial charge is 0.0614 e. The highest BCUT2D eigenvalue weighted by atomic mass is 16.3. The van der Waals surface area contributed by atoms with Crippen molar-refractivity contribution < 1.29 is 5.11 Å². The zero-order valence-electron chi connectivity index (χ0n) is 12.6. The third kappa shape index (κ3) is 4.30. The summed E-state index contributed by atoms with van der Waals surface area (Å²) in [6.07, 6.45) is 4.35. The molecule has 3 nitrogen and oxygen atoms in total. The average Bonchev–Trinajstić information content (AvgIpc) is 2.53. The molecule has 1 fully saturated rings. The van der Waals surface area contributed by atoms with Crippen molar-refractivity contribution in [2.24, 2.45) is 0 Å². The lowest BCUT2D eigenvalue weighted by atomic mass is 9.88. The van der Waals surface area contributed by atoms with Gasteiger partial charge in [-0.2, -0.15) is 0 Å². The molecule has 2 N–H and O–H groups in total. The molecule has 1 aliphatic heterocycles. The van der Waals surface area contributed by atoms with Gasteiger partial charge >= 0.3 is 0 Å². The van der Waals surface area contributed by atoms with Gasteiger partial charge in [-0.1, -0.05) is 37.3 Å². The third-order valence-electron chi connectivity index (χ3n) is 4.43. The molecule has 0 bridgehead atoms. The maximum absolute atomic E-state index is 9.68. The molecule has 2 rings (SSSR count). The first-order valence-corrected chi connectivity index (χ1v) is 7.90. The molecule has 1 aromatic carbocycles. The molecule has 112 valence electrons. The summed E-state index contributed by atoms with van der Waals surface area (Å²) in [5.74, 6) is 0. The Labute approximate surface area is 123 Å². The van der Waals surface area contributed by atoms with Crippen molar-refractivity contribution >= 4 is 0 Å². The van der Waals surface area contributed by atoms with E-state index in [1.807, 2.05) is 0 Å². The Balaban J connectivity index is 1.76. The monoisotopic (exact) mass is 276 g/mol. The predicted octanol–water partition coefficient (Wildman–Crippen LogP) is 2.06. The van der Waals surface area contributed by atoms with Crippen molar-refractivity contribution in [2.75, 3.05) is 32.8 Å². The van der Waals surface area contributed by atoms with Gasteiger partial charge in [-0.3, -0.25) is 0 Å². The largest absolute Gasteiger partial charge is 0.394 e. The van der Waals surface area contributed by atoms with Gasteiger partial charge in [0.05, 0.1) is 6.61 Å². The van der Waals surface area contributed by atoms with Crippen LogP contribution in [0.4, 0.5) is 0 Å². The van der Waals surface area contributed by atoms with Crippen LogP contribution in [0.3, 0.4) is 0 Å². The number of piperidine rings is 1. The number of aliphatic hydroxyl groups is 1. The molecule has 0 amide bonds. The number of nitrogens with one attached hydrogen (secondary N) is 1. The van der Waals surface area contributed by atoms with Crippen LogP contribution >= 0.6 is 0 Å². The third-order valence-corrected chi connectivity index (χ3v) is 4.43. The fourth-order valence-electron chi connectivity index (χ4n) is 2.92. The summed E-state index contributed by atoms with van der Waals surface area (Å²) in [7, 11) is 0. The molecule has 1 aromatic rings. The molecule has 0 unspecified atom stereocenters. The number of rotatable bonds is 7. The Morgan fingerprint density at radius 2 is 1.90 bits per heavy atom. The molecule has 0 aliphatic carbocycles. The molecule has 0 radical (unpaired) electrons. The summed E-state index contributed by atoms with van der Waals surface area (Å²) in [6.45, 7) is 6.74. The first-order valence-electron chi connectivity index (χ1n) is 7.90. The molecule has 1 heterocycles. The normalized spacial score (nSPS) is 19.1. The highest BCUT2D eigenvalue weighted by molar-refractivity contribution is 5.14. The number of hydrogen-bond donors (Lipinski definition) is 2. The lowest BCUT2D eigenvalue weighted by molar-refractivity contribution is 0.0794. The van der Waals surface area contributed by atoms with Crippen LogP contribution in [0.5, 0.6) is 0 Å². The van der Waals surface area contributed by atoms with Crippen molar-refractivity contribution in [2.45, 2.75) is 38.1 Å². The van der Waals surface area contributed by atoms with Gasteiger partial charge in [0, 0.05) is 12.1 Å². The quantitative estimate of drug-likeness (QED) is 0.800. The van der Waals surface area contributed by atoms with Crippen LogP contribution in [-0.4, -0.2) is 48.3 Å². The van der Waals surface area contributed by atoms with E-state index in [1.54, 1.807) is 0 Å². The summed E-state index contributed by atoms with van der Waals surface area (Å²) in [6, 6.07) is 10.7. The van der Waals surface area contributed by atoms with Crippen molar-refractivity contribution in [3.8, 4) is 0 Å². The van der Waals surface area contributed by atoms with Crippen LogP contribution in [-0.2, 0) is 6.42 Å². The number of nitrogens with zero attached hydrogens (tertiary/aromatic N) is 1. The number of aliphatic hydroxyl groups excluding tert-OH is 1. The summed E-state index contributed by atoms with van der Waals surface area (Å²) in [5, 5.41) is 13.2. The molecule has 0 spiro atoms. The molecule has 0 atom stereocenters. The molecule has 0 aromatic heterocycles. The first kappa shape index (κ1) is 15.5. The minimum absolute atomic E-state index is 0.0285. The van der Waals surface area contributed by atoms with E-state index >= 15 is 0 Å². The van der Waals surface area contributed by atoms with Gasteiger partial charge in [0.1, 0.15) is 0 Å². The van der Waals surface area contributed by atoms with Crippen molar-refractivity contribution in [1.82, 2.24) is 10.2 Å². The highest BCUT2D eigenvalue weighted by Crippen LogP contribution is 2.22. The maximum atomic E-state index is 9.68. The summed E-state index contributed by atoms with van der Waals surface area (Å²) < 4.78 is 0. The fraction of sp³-hybridized carbons (Fsp3) is 0.647. The second-order valence-electron chi connectivity index (χ2n) is 5.94. The van der Waals surface area contributed by atoms with Gasteiger partial charge in [-0.05, 0) is 50.9 Å². The highest BCUT2D eigenvalue weighted by Gasteiger charge is 2.32. The van der Waals surface area contributed by atoms with E-state index < -0.39 is 0 Å². The van der Waals surface area contributed by atoms with Crippen LogP contribution in [0.1, 0.15) is 31.7 Å². The summed E-state index contributed by atoms with van der Waals surface area (Å²) in [5.41, 5.74) is 1.38. The minimum Gasteiger partial charge on any atom is -0.394 e. The Morgan fingerprint density at radius 3 is 2.50 bits per heavy atom. The van der Waals surface area contributed by atoms with Crippen LogP contribution in [0.25, 0.3) is 0 Å². The van der Waals surface area contributed by atoms with Crippen LogP contribution in [0, 0.1) is 0 Å². The minimum atomic E-state index is -0.0285. The van der Waals surface area contributed by atoms with Gasteiger partial charge in [-0.15, -0.1) is 0 Å². The molecular formula is C17H28N2O. The first-order chi connectivity index (χ1) is 9.78. The molecule has 1 aliphatic rings. The summed E-state index contributed by atoms with van der Waals surface area (Å²) >= 11 is 0. The van der Waals surface area contributed by atoms with Crippen LogP contribution in [0.2, 0.25) is 0 Å². The second kappa shape index (κ2) is 7.77. The Morgan fingerprint density at radius 1 is 1.20 bits per heavy atom. The van der Waals surface area contributed by atoms with Gasteiger partial charge in [0.2, 0.25) is 0 Å². The van der Waals surface area contributed by atoms with E-state index in [2.05, 4.69) is 47.5 Å². The second-order valence-corrected chi connectivity index (χ2v) is 5.94. The van der Waals surface area contributed by atoms with Gasteiger partial charge in [-0.25, -0.2) is 0 Å². The van der Waals surface area contributed by atoms with Crippen molar-refractivity contribution in [3.63, 3.8) is 0 Å². The van der Waals surface area contributed by atoms with Crippen molar-refractivity contribution in [3.05, 3.63) is 35.9 Å². The number of benzene rings is 1. The molecular weight excluding hydrogens is 248 g/mol. The van der Waals surface area contributed by atoms with Crippen LogP contribution < -0.4 is 5.32 Å². The lowest BCUT2D eigenvalue weighted by Gasteiger charge is -2.41. The number of hydrogen-bond acceptors (Lipinski definition) is 3. The SMILES string of the molecule is CCCNC1(CO)CCN(CCc2ccccc2)CC1.